The third kappa shape index (κ3) is 6.83. The van der Waals surface area contributed by atoms with Crippen molar-refractivity contribution in [1.29, 1.82) is 0 Å². The van der Waals surface area contributed by atoms with Crippen molar-refractivity contribution in [2.75, 3.05) is 0 Å². The van der Waals surface area contributed by atoms with Crippen molar-refractivity contribution in [3.8, 4) is 11.1 Å². The van der Waals surface area contributed by atoms with E-state index >= 15 is 0 Å². The van der Waals surface area contributed by atoms with E-state index in [0.29, 0.717) is 0 Å². The largest absolute Gasteiger partial charge is 0.265 e. The molecule has 2 heterocycles. The number of hydrogen-bond donors (Lipinski definition) is 0. The van der Waals surface area contributed by atoms with Gasteiger partial charge >= 0.3 is 0 Å². The number of pyridine rings is 2. The normalized spacial score (nSPS) is 10.2. The van der Waals surface area contributed by atoms with Crippen molar-refractivity contribution >= 4 is 45.2 Å². The third-order valence-electron chi connectivity index (χ3n) is 4.01. The predicted molar refractivity (Wildman–Crippen MR) is 125 cm³/mol. The smallest absolute Gasteiger partial charge is 0.200 e. The van der Waals surface area contributed by atoms with Crippen LogP contribution >= 0.6 is 45.2 Å². The Bertz CT molecular complexity index is 1040. The molecule has 0 fully saturated rings. The highest BCUT2D eigenvalue weighted by atomic mass is 127. The van der Waals surface area contributed by atoms with Gasteiger partial charge in [-0.3, -0.25) is 9.97 Å². The zero-order valence-corrected chi connectivity index (χ0v) is 21.4. The Morgan fingerprint density at radius 1 is 0.361 bits per heavy atom. The van der Waals surface area contributed by atoms with Gasteiger partial charge in [0.2, 0.25) is 11.6 Å². The topological polar surface area (TPSA) is 25.8 Å². The van der Waals surface area contributed by atoms with Crippen molar-refractivity contribution in [2.24, 2.45) is 0 Å². The number of rotatable bonds is 1. The molecule has 0 atom stereocenters. The average molecular weight is 744 g/mol. The summed E-state index contributed by atoms with van der Waals surface area (Å²) < 4.78 is 121. The van der Waals surface area contributed by atoms with Crippen LogP contribution in [-0.2, 0) is 0 Å². The van der Waals surface area contributed by atoms with E-state index in [9.17, 15) is 43.9 Å². The molecule has 14 heteroatoms. The number of nitrogens with zero attached hydrogens (tertiary/aromatic N) is 2. The third-order valence-corrected chi connectivity index (χ3v) is 5.90. The van der Waals surface area contributed by atoms with Gasteiger partial charge < -0.3 is 0 Å². The van der Waals surface area contributed by atoms with Gasteiger partial charge in [0.1, 0.15) is 0 Å². The van der Waals surface area contributed by atoms with Crippen LogP contribution < -0.4 is 0 Å². The van der Waals surface area contributed by atoms with Crippen LogP contribution in [0, 0.1) is 65.3 Å². The summed E-state index contributed by atoms with van der Waals surface area (Å²) >= 11 is 2.08. The molecule has 4 aromatic rings. The number of aromatic nitrogens is 2. The van der Waals surface area contributed by atoms with E-state index in [1.165, 1.54) is 11.1 Å². The summed E-state index contributed by atoms with van der Waals surface area (Å²) in [5.74, 6) is -19.1. The van der Waals surface area contributed by atoms with E-state index in [1.807, 2.05) is 24.3 Å². The summed E-state index contributed by atoms with van der Waals surface area (Å²) in [5.41, 5.74) is 2.35. The van der Waals surface area contributed by atoms with E-state index in [0.717, 1.165) is 45.2 Å². The molecule has 0 bridgehead atoms. The molecule has 0 unspecified atom stereocenters. The minimum atomic E-state index is -2.13. The molecule has 0 radical (unpaired) electrons. The maximum atomic E-state index is 12.4. The van der Waals surface area contributed by atoms with Gasteiger partial charge in [-0.25, -0.2) is 43.9 Å². The van der Waals surface area contributed by atoms with Crippen LogP contribution in [0.1, 0.15) is 0 Å². The van der Waals surface area contributed by atoms with Crippen LogP contribution in [0.3, 0.4) is 0 Å². The second-order valence-corrected chi connectivity index (χ2v) is 8.40. The summed E-state index contributed by atoms with van der Waals surface area (Å²) in [5, 5.41) is 0. The first-order valence-corrected chi connectivity index (χ1v) is 11.2. The highest BCUT2D eigenvalue weighted by Crippen LogP contribution is 2.24. The van der Waals surface area contributed by atoms with E-state index in [1.54, 1.807) is 24.8 Å². The first-order chi connectivity index (χ1) is 16.9. The van der Waals surface area contributed by atoms with Crippen molar-refractivity contribution in [2.45, 2.75) is 0 Å². The molecule has 36 heavy (non-hydrogen) atoms. The molecule has 0 aliphatic rings. The SMILES string of the molecule is Fc1c(F)c(F)c(I)c(F)c1F.Fc1c(F)c(F)c(I)c(F)c1F.c1cc(-c2ccncc2)ccn1. The van der Waals surface area contributed by atoms with Crippen molar-refractivity contribution in [1.82, 2.24) is 9.97 Å². The predicted octanol–water partition coefficient (Wildman–Crippen LogP) is 8.12. The zero-order chi connectivity index (χ0) is 27.2. The van der Waals surface area contributed by atoms with E-state index in [-0.39, 0.29) is 0 Å². The molecule has 0 aliphatic heterocycles. The summed E-state index contributed by atoms with van der Waals surface area (Å²) in [6.45, 7) is 0. The van der Waals surface area contributed by atoms with Gasteiger partial charge in [0.15, 0.2) is 46.5 Å². The lowest BCUT2D eigenvalue weighted by atomic mass is 10.1. The molecule has 2 aromatic heterocycles. The lowest BCUT2D eigenvalue weighted by Gasteiger charge is -2.00. The van der Waals surface area contributed by atoms with Crippen LogP contribution in [0.4, 0.5) is 43.9 Å². The van der Waals surface area contributed by atoms with Crippen molar-refractivity contribution < 1.29 is 43.9 Å². The first-order valence-electron chi connectivity index (χ1n) is 9.04. The molecule has 190 valence electrons. The summed E-state index contributed by atoms with van der Waals surface area (Å²) in [6, 6.07) is 7.93. The Morgan fingerprint density at radius 2 is 0.556 bits per heavy atom. The van der Waals surface area contributed by atoms with Gasteiger partial charge in [0.05, 0.1) is 7.14 Å². The zero-order valence-electron chi connectivity index (χ0n) is 17.0. The fourth-order valence-corrected chi connectivity index (χ4v) is 3.19. The molecule has 0 spiro atoms. The first kappa shape index (κ1) is 29.7. The van der Waals surface area contributed by atoms with Crippen LogP contribution in [0.25, 0.3) is 11.1 Å². The van der Waals surface area contributed by atoms with Crippen LogP contribution in [0.2, 0.25) is 0 Å². The Kier molecular flexibility index (Phi) is 10.9. The number of halogens is 12. The molecule has 0 saturated heterocycles. The Labute approximate surface area is 223 Å². The molecule has 0 aliphatic carbocycles. The van der Waals surface area contributed by atoms with Gasteiger partial charge in [-0.2, -0.15) is 0 Å². The Morgan fingerprint density at radius 3 is 0.778 bits per heavy atom. The van der Waals surface area contributed by atoms with Gasteiger partial charge in [-0.05, 0) is 80.6 Å². The fourth-order valence-electron chi connectivity index (χ4n) is 2.24. The summed E-state index contributed by atoms with van der Waals surface area (Å²) in [4.78, 5) is 7.91. The fraction of sp³-hybridized carbons (Fsp3) is 0. The molecule has 2 aromatic carbocycles. The Balaban J connectivity index is 0.000000190. The lowest BCUT2D eigenvalue weighted by Crippen LogP contribution is -2.03. The Hall–Kier alpha value is -2.50. The van der Waals surface area contributed by atoms with Gasteiger partial charge in [0.25, 0.3) is 0 Å². The highest BCUT2D eigenvalue weighted by Gasteiger charge is 2.24. The molecule has 0 saturated carbocycles. The lowest BCUT2D eigenvalue weighted by molar-refractivity contribution is 0.373. The van der Waals surface area contributed by atoms with Crippen LogP contribution in [0.15, 0.2) is 49.1 Å². The molecule has 0 N–H and O–H groups in total. The van der Waals surface area contributed by atoms with Gasteiger partial charge in [0, 0.05) is 24.8 Å². The average Bonchev–Trinajstić information content (AvgIpc) is 2.92. The molecular weight excluding hydrogens is 736 g/mol. The van der Waals surface area contributed by atoms with Gasteiger partial charge in [-0.15, -0.1) is 0 Å². The molecular formula is C22H8F10I2N2. The quantitative estimate of drug-likeness (QED) is 0.0853. The molecule has 4 rings (SSSR count). The maximum absolute atomic E-state index is 12.4. The van der Waals surface area contributed by atoms with Gasteiger partial charge in [-0.1, -0.05) is 0 Å². The minimum Gasteiger partial charge on any atom is -0.265 e. The van der Waals surface area contributed by atoms with Crippen LogP contribution in [-0.4, -0.2) is 9.97 Å². The summed E-state index contributed by atoms with van der Waals surface area (Å²) in [6.07, 6.45) is 7.15. The molecule has 2 nitrogen and oxygen atoms in total. The van der Waals surface area contributed by atoms with Crippen molar-refractivity contribution in [3.63, 3.8) is 0 Å². The summed E-state index contributed by atoms with van der Waals surface area (Å²) in [7, 11) is 0. The maximum Gasteiger partial charge on any atom is 0.200 e. The van der Waals surface area contributed by atoms with E-state index < -0.39 is 65.3 Å². The highest BCUT2D eigenvalue weighted by molar-refractivity contribution is 14.1. The van der Waals surface area contributed by atoms with Crippen molar-refractivity contribution in [3.05, 3.63) is 114 Å². The minimum absolute atomic E-state index is 0.899. The second-order valence-electron chi connectivity index (χ2n) is 6.24. The van der Waals surface area contributed by atoms with Crippen LogP contribution in [0.5, 0.6) is 0 Å². The number of benzene rings is 2. The van der Waals surface area contributed by atoms with E-state index in [4.69, 9.17) is 0 Å². The second kappa shape index (κ2) is 13.2. The molecule has 0 amide bonds. The number of hydrogen-bond acceptors (Lipinski definition) is 2. The standard InChI is InChI=1S/C10H8N2.2C6F5I/c1-5-11-6-2-9(1)10-3-7-12-8-4-10;2*7-1-2(8)4(10)6(12)5(11)3(1)9/h1-8H;;. The monoisotopic (exact) mass is 744 g/mol. The van der Waals surface area contributed by atoms with E-state index in [2.05, 4.69) is 9.97 Å².